The van der Waals surface area contributed by atoms with Gasteiger partial charge in [0.05, 0.1) is 16.1 Å². The molecule has 1 atom stereocenters. The molecule has 0 aliphatic carbocycles. The minimum absolute atomic E-state index is 0.0517. The van der Waals surface area contributed by atoms with Crippen molar-refractivity contribution in [3.8, 4) is 0 Å². The molecule has 0 saturated carbocycles. The van der Waals surface area contributed by atoms with Gasteiger partial charge in [-0.3, -0.25) is 9.59 Å². The van der Waals surface area contributed by atoms with E-state index in [0.29, 0.717) is 29.1 Å². The van der Waals surface area contributed by atoms with Crippen molar-refractivity contribution in [3.63, 3.8) is 0 Å². The second-order valence-electron chi connectivity index (χ2n) is 4.02. The van der Waals surface area contributed by atoms with Crippen LogP contribution in [0.1, 0.15) is 29.3 Å². The first-order chi connectivity index (χ1) is 7.99. The number of anilines is 1. The highest BCUT2D eigenvalue weighted by Gasteiger charge is 2.21. The average Bonchev–Trinajstić information content (AvgIpc) is 2.28. The third-order valence-corrected chi connectivity index (χ3v) is 3.20. The summed E-state index contributed by atoms with van der Waals surface area (Å²) in [5.74, 6) is -0.211. The molecule has 1 aromatic rings. The van der Waals surface area contributed by atoms with E-state index in [4.69, 9.17) is 23.2 Å². The Labute approximate surface area is 109 Å². The highest BCUT2D eigenvalue weighted by molar-refractivity contribution is 6.36. The quantitative estimate of drug-likeness (QED) is 0.664. The molecule has 3 nitrogen and oxygen atoms in total. The summed E-state index contributed by atoms with van der Waals surface area (Å²) < 4.78 is 0. The summed E-state index contributed by atoms with van der Waals surface area (Å²) in [5.41, 5.74) is 1.99. The number of hydrogen-bond acceptors (Lipinski definition) is 2. The molecule has 1 heterocycles. The van der Waals surface area contributed by atoms with Crippen molar-refractivity contribution in [3.05, 3.63) is 28.3 Å². The molecule has 0 spiro atoms. The maximum atomic E-state index is 11.8. The Morgan fingerprint density at radius 1 is 1.41 bits per heavy atom. The molecule has 90 valence electrons. The van der Waals surface area contributed by atoms with Gasteiger partial charge in [-0.25, -0.2) is 0 Å². The molecular formula is C12H11Cl2NO2. The predicted molar refractivity (Wildman–Crippen MR) is 68.0 cm³/mol. The summed E-state index contributed by atoms with van der Waals surface area (Å²) in [6.07, 6.45) is 1.01. The standard InChI is InChI=1S/C12H11Cl2NO2/c1-6(13)12(17)8-4-7-2-3-10(16)15-11(7)9(14)5-8/h4-6H,2-3H2,1H3,(H,15,16). The van der Waals surface area contributed by atoms with E-state index in [9.17, 15) is 9.59 Å². The van der Waals surface area contributed by atoms with Crippen molar-refractivity contribution >= 4 is 40.6 Å². The molecule has 0 radical (unpaired) electrons. The van der Waals surface area contributed by atoms with Gasteiger partial charge in [0.25, 0.3) is 0 Å². The lowest BCUT2D eigenvalue weighted by Crippen LogP contribution is -2.20. The smallest absolute Gasteiger partial charge is 0.224 e. The fraction of sp³-hybridized carbons (Fsp3) is 0.333. The number of carbonyl (C=O) groups is 2. The summed E-state index contributed by atoms with van der Waals surface area (Å²) in [7, 11) is 0. The number of aryl methyl sites for hydroxylation is 1. The summed E-state index contributed by atoms with van der Waals surface area (Å²) >= 11 is 11.8. The van der Waals surface area contributed by atoms with Gasteiger partial charge in [0.15, 0.2) is 5.78 Å². The van der Waals surface area contributed by atoms with E-state index < -0.39 is 5.38 Å². The molecular weight excluding hydrogens is 261 g/mol. The number of halogens is 2. The molecule has 5 heteroatoms. The summed E-state index contributed by atoms with van der Waals surface area (Å²) in [6.45, 7) is 1.62. The van der Waals surface area contributed by atoms with Crippen LogP contribution in [0.15, 0.2) is 12.1 Å². The van der Waals surface area contributed by atoms with Gasteiger partial charge in [0, 0.05) is 12.0 Å². The van der Waals surface area contributed by atoms with Crippen LogP contribution in [0.5, 0.6) is 0 Å². The lowest BCUT2D eigenvalue weighted by molar-refractivity contribution is -0.116. The van der Waals surface area contributed by atoms with Crippen LogP contribution >= 0.6 is 23.2 Å². The maximum Gasteiger partial charge on any atom is 0.224 e. The van der Waals surface area contributed by atoms with Gasteiger partial charge in [0.1, 0.15) is 0 Å². The maximum absolute atomic E-state index is 11.8. The zero-order valence-corrected chi connectivity index (χ0v) is 10.7. The van der Waals surface area contributed by atoms with Crippen LogP contribution in [0.4, 0.5) is 5.69 Å². The second-order valence-corrected chi connectivity index (χ2v) is 5.08. The van der Waals surface area contributed by atoms with Gasteiger partial charge in [-0.15, -0.1) is 11.6 Å². The highest BCUT2D eigenvalue weighted by atomic mass is 35.5. The van der Waals surface area contributed by atoms with E-state index in [1.54, 1.807) is 19.1 Å². The van der Waals surface area contributed by atoms with E-state index in [1.165, 1.54) is 0 Å². The largest absolute Gasteiger partial charge is 0.325 e. The van der Waals surface area contributed by atoms with E-state index in [0.717, 1.165) is 5.56 Å². The third kappa shape index (κ3) is 2.45. The number of carbonyl (C=O) groups excluding carboxylic acids is 2. The van der Waals surface area contributed by atoms with Crippen molar-refractivity contribution in [1.29, 1.82) is 0 Å². The first-order valence-corrected chi connectivity index (χ1v) is 6.11. The van der Waals surface area contributed by atoms with Crippen LogP contribution in [0, 0.1) is 0 Å². The molecule has 2 rings (SSSR count). The fourth-order valence-corrected chi connectivity index (χ4v) is 2.23. The Hall–Kier alpha value is -1.06. The number of hydrogen-bond donors (Lipinski definition) is 1. The molecule has 1 aromatic carbocycles. The van der Waals surface area contributed by atoms with Crippen LogP contribution < -0.4 is 5.32 Å². The first kappa shape index (κ1) is 12.4. The van der Waals surface area contributed by atoms with Gasteiger partial charge >= 0.3 is 0 Å². The lowest BCUT2D eigenvalue weighted by Gasteiger charge is -2.19. The minimum Gasteiger partial charge on any atom is -0.325 e. The van der Waals surface area contributed by atoms with Crippen LogP contribution in [0.3, 0.4) is 0 Å². The fourth-order valence-electron chi connectivity index (χ4n) is 1.82. The molecule has 0 aromatic heterocycles. The van der Waals surface area contributed by atoms with Gasteiger partial charge in [-0.05, 0) is 31.0 Å². The number of ketones is 1. The molecule has 0 bridgehead atoms. The monoisotopic (exact) mass is 271 g/mol. The molecule has 0 fully saturated rings. The Morgan fingerprint density at radius 3 is 2.76 bits per heavy atom. The number of amides is 1. The summed E-state index contributed by atoms with van der Waals surface area (Å²) in [4.78, 5) is 23.0. The highest BCUT2D eigenvalue weighted by Crippen LogP contribution is 2.32. The molecule has 0 saturated heterocycles. The summed E-state index contributed by atoms with van der Waals surface area (Å²) in [5, 5.41) is 2.51. The van der Waals surface area contributed by atoms with E-state index >= 15 is 0 Å². The molecule has 1 amide bonds. The van der Waals surface area contributed by atoms with Gasteiger partial charge in [-0.1, -0.05) is 11.6 Å². The van der Waals surface area contributed by atoms with E-state index in [1.807, 2.05) is 0 Å². The zero-order chi connectivity index (χ0) is 12.6. The predicted octanol–water partition coefficient (Wildman–Crippen LogP) is 3.03. The first-order valence-electron chi connectivity index (χ1n) is 5.29. The number of fused-ring (bicyclic) bond motifs is 1. The Balaban J connectivity index is 2.44. The third-order valence-electron chi connectivity index (χ3n) is 2.70. The Kier molecular flexibility index (Phi) is 3.40. The zero-order valence-electron chi connectivity index (χ0n) is 9.22. The van der Waals surface area contributed by atoms with Crippen molar-refractivity contribution in [1.82, 2.24) is 0 Å². The van der Waals surface area contributed by atoms with Crippen molar-refractivity contribution in [2.75, 3.05) is 5.32 Å². The molecule has 1 aliphatic heterocycles. The number of nitrogens with one attached hydrogen (secondary N) is 1. The normalized spacial score (nSPS) is 16.1. The number of rotatable bonds is 2. The Morgan fingerprint density at radius 2 is 2.12 bits per heavy atom. The van der Waals surface area contributed by atoms with Gasteiger partial charge < -0.3 is 5.32 Å². The topological polar surface area (TPSA) is 46.2 Å². The van der Waals surface area contributed by atoms with Gasteiger partial charge in [-0.2, -0.15) is 0 Å². The molecule has 17 heavy (non-hydrogen) atoms. The van der Waals surface area contributed by atoms with E-state index in [-0.39, 0.29) is 11.7 Å². The van der Waals surface area contributed by atoms with Crippen LogP contribution in [0.2, 0.25) is 5.02 Å². The van der Waals surface area contributed by atoms with E-state index in [2.05, 4.69) is 5.32 Å². The SMILES string of the molecule is CC(Cl)C(=O)c1cc(Cl)c2c(c1)CCC(=O)N2. The number of Topliss-reactive ketones (excluding diaryl/α,β-unsaturated/α-hetero) is 1. The van der Waals surface area contributed by atoms with Gasteiger partial charge in [0.2, 0.25) is 5.91 Å². The minimum atomic E-state index is -0.581. The molecule has 1 N–H and O–H groups in total. The lowest BCUT2D eigenvalue weighted by atomic mass is 9.98. The van der Waals surface area contributed by atoms with Crippen LogP contribution in [0.25, 0.3) is 0 Å². The number of alkyl halides is 1. The van der Waals surface area contributed by atoms with Crippen molar-refractivity contribution in [2.45, 2.75) is 25.1 Å². The molecule has 1 unspecified atom stereocenters. The number of benzene rings is 1. The van der Waals surface area contributed by atoms with Crippen molar-refractivity contribution in [2.24, 2.45) is 0 Å². The summed E-state index contributed by atoms with van der Waals surface area (Å²) in [6, 6.07) is 3.30. The van der Waals surface area contributed by atoms with Crippen molar-refractivity contribution < 1.29 is 9.59 Å². The Bertz CT molecular complexity index is 498. The molecule has 1 aliphatic rings. The van der Waals surface area contributed by atoms with Crippen LogP contribution in [-0.4, -0.2) is 17.1 Å². The second kappa shape index (κ2) is 4.67. The average molecular weight is 272 g/mol. The van der Waals surface area contributed by atoms with Crippen LogP contribution in [-0.2, 0) is 11.2 Å².